The molecule has 0 aromatic carbocycles. The summed E-state index contributed by atoms with van der Waals surface area (Å²) in [5.74, 6) is 1.30. The van der Waals surface area contributed by atoms with E-state index in [1.165, 1.54) is 6.42 Å². The van der Waals surface area contributed by atoms with E-state index in [4.69, 9.17) is 22.7 Å². The van der Waals surface area contributed by atoms with Crippen molar-refractivity contribution in [3.63, 3.8) is 0 Å². The molecule has 3 atom stereocenters. The van der Waals surface area contributed by atoms with Crippen LogP contribution in [0.2, 0.25) is 0 Å². The minimum Gasteiger partial charge on any atom is -0.359 e. The Morgan fingerprint density at radius 3 is 2.37 bits per heavy atom. The highest BCUT2D eigenvalue weighted by atomic mass is 32.1. The van der Waals surface area contributed by atoms with Gasteiger partial charge >= 0.3 is 0 Å². The maximum atomic E-state index is 8.68. The van der Waals surface area contributed by atoms with E-state index in [-0.39, 0.29) is 0 Å². The van der Waals surface area contributed by atoms with Gasteiger partial charge in [0.25, 0.3) is 0 Å². The molecule has 19 heavy (non-hydrogen) atoms. The van der Waals surface area contributed by atoms with Gasteiger partial charge in [0.05, 0.1) is 25.0 Å². The first kappa shape index (κ1) is 13.8. The van der Waals surface area contributed by atoms with Gasteiger partial charge in [0, 0.05) is 19.1 Å². The van der Waals surface area contributed by atoms with Crippen LogP contribution in [-0.2, 0) is 0 Å². The highest BCUT2D eigenvalue weighted by Gasteiger charge is 2.36. The van der Waals surface area contributed by atoms with Crippen molar-refractivity contribution < 1.29 is 0 Å². The van der Waals surface area contributed by atoms with Gasteiger partial charge in [0.2, 0.25) is 0 Å². The first-order valence-electron chi connectivity index (χ1n) is 6.72. The number of rotatable bonds is 5. The normalized spacial score (nSPS) is 26.7. The van der Waals surface area contributed by atoms with Crippen molar-refractivity contribution in [2.45, 2.75) is 31.7 Å². The predicted molar refractivity (Wildman–Crippen MR) is 76.9 cm³/mol. The highest BCUT2D eigenvalue weighted by molar-refractivity contribution is 7.80. The SMILES string of the molecule is N#CCCN(CCC#N)C(=S)N[C@@H]1C[C@H]2C=C[C@H]1C2. The Balaban J connectivity index is 1.86. The molecule has 0 aliphatic heterocycles. The fourth-order valence-corrected chi connectivity index (χ4v) is 3.22. The summed E-state index contributed by atoms with van der Waals surface area (Å²) in [4.78, 5) is 1.94. The average Bonchev–Trinajstić information content (AvgIpc) is 3.01. The Hall–Kier alpha value is -1.59. The van der Waals surface area contributed by atoms with Crippen LogP contribution < -0.4 is 5.32 Å². The van der Waals surface area contributed by atoms with Gasteiger partial charge in [-0.2, -0.15) is 10.5 Å². The van der Waals surface area contributed by atoms with Gasteiger partial charge in [-0.15, -0.1) is 0 Å². The Morgan fingerprint density at radius 1 is 1.21 bits per heavy atom. The van der Waals surface area contributed by atoms with Gasteiger partial charge in [0.15, 0.2) is 5.11 Å². The smallest absolute Gasteiger partial charge is 0.169 e. The van der Waals surface area contributed by atoms with E-state index in [0.717, 1.165) is 6.42 Å². The zero-order valence-corrected chi connectivity index (χ0v) is 11.7. The first-order chi connectivity index (χ1) is 9.24. The molecule has 0 radical (unpaired) electrons. The number of allylic oxidation sites excluding steroid dienone is 1. The Bertz CT molecular complexity index is 427. The van der Waals surface area contributed by atoms with Crippen molar-refractivity contribution in [2.24, 2.45) is 11.8 Å². The van der Waals surface area contributed by atoms with Crippen LogP contribution in [0.1, 0.15) is 25.7 Å². The number of fused-ring (bicyclic) bond motifs is 2. The summed E-state index contributed by atoms with van der Waals surface area (Å²) in [6.07, 6.45) is 7.83. The van der Waals surface area contributed by atoms with E-state index in [2.05, 4.69) is 29.6 Å². The lowest BCUT2D eigenvalue weighted by Gasteiger charge is -2.29. The van der Waals surface area contributed by atoms with E-state index in [1.54, 1.807) is 0 Å². The zero-order chi connectivity index (χ0) is 13.7. The Labute approximate surface area is 119 Å². The molecule has 0 spiro atoms. The van der Waals surface area contributed by atoms with Crippen LogP contribution in [0.5, 0.6) is 0 Å². The van der Waals surface area contributed by atoms with E-state index < -0.39 is 0 Å². The molecule has 2 aliphatic carbocycles. The van der Waals surface area contributed by atoms with Crippen LogP contribution in [-0.4, -0.2) is 29.1 Å². The molecule has 0 aromatic heterocycles. The molecule has 0 saturated heterocycles. The largest absolute Gasteiger partial charge is 0.359 e. The quantitative estimate of drug-likeness (QED) is 0.613. The lowest BCUT2D eigenvalue weighted by Crippen LogP contribution is -2.46. The Kier molecular flexibility index (Phi) is 4.76. The summed E-state index contributed by atoms with van der Waals surface area (Å²) < 4.78 is 0. The minimum atomic E-state index is 0.425. The molecule has 0 unspecified atom stereocenters. The molecule has 2 rings (SSSR count). The average molecular weight is 274 g/mol. The summed E-state index contributed by atoms with van der Waals surface area (Å²) in [5, 5.41) is 21.5. The topological polar surface area (TPSA) is 62.9 Å². The van der Waals surface area contributed by atoms with Crippen molar-refractivity contribution >= 4 is 17.3 Å². The molecule has 2 aliphatic rings. The third-order valence-corrected chi connectivity index (χ3v) is 4.24. The molecule has 2 bridgehead atoms. The summed E-state index contributed by atoms with van der Waals surface area (Å²) >= 11 is 5.43. The molecular formula is C14H18N4S. The summed E-state index contributed by atoms with van der Waals surface area (Å²) in [5.41, 5.74) is 0. The number of nitrogens with zero attached hydrogens (tertiary/aromatic N) is 3. The molecule has 1 saturated carbocycles. The number of hydrogen-bond donors (Lipinski definition) is 1. The molecule has 0 aromatic rings. The van der Waals surface area contributed by atoms with Gasteiger partial charge in [-0.1, -0.05) is 12.2 Å². The fraction of sp³-hybridized carbons (Fsp3) is 0.643. The molecule has 100 valence electrons. The second-order valence-electron chi connectivity index (χ2n) is 5.14. The first-order valence-corrected chi connectivity index (χ1v) is 7.13. The third-order valence-electron chi connectivity index (χ3n) is 3.86. The van der Waals surface area contributed by atoms with Crippen LogP contribution in [0.4, 0.5) is 0 Å². The van der Waals surface area contributed by atoms with Gasteiger partial charge in [-0.25, -0.2) is 0 Å². The third kappa shape index (κ3) is 3.45. The second kappa shape index (κ2) is 6.54. The van der Waals surface area contributed by atoms with Crippen molar-refractivity contribution in [2.75, 3.05) is 13.1 Å². The molecule has 4 nitrogen and oxygen atoms in total. The van der Waals surface area contributed by atoms with Crippen molar-refractivity contribution in [1.82, 2.24) is 10.2 Å². The lowest BCUT2D eigenvalue weighted by molar-refractivity contribution is 0.408. The van der Waals surface area contributed by atoms with E-state index in [1.807, 2.05) is 4.90 Å². The van der Waals surface area contributed by atoms with Crippen molar-refractivity contribution in [3.05, 3.63) is 12.2 Å². The van der Waals surface area contributed by atoms with Crippen LogP contribution in [0.15, 0.2) is 12.2 Å². The van der Waals surface area contributed by atoms with Crippen LogP contribution >= 0.6 is 12.2 Å². The van der Waals surface area contributed by atoms with E-state index in [9.17, 15) is 0 Å². The van der Waals surface area contributed by atoms with E-state index in [0.29, 0.717) is 48.9 Å². The number of hydrogen-bond acceptors (Lipinski definition) is 3. The van der Waals surface area contributed by atoms with Crippen molar-refractivity contribution in [1.29, 1.82) is 10.5 Å². The zero-order valence-electron chi connectivity index (χ0n) is 10.9. The standard InChI is InChI=1S/C14H18N4S/c15-5-1-7-18(8-2-6-16)14(19)17-13-10-11-3-4-12(13)9-11/h3-4,11-13H,1-2,7-10H2,(H,17,19)/t11-,12-,13+/m0/s1. The maximum absolute atomic E-state index is 8.68. The van der Waals surface area contributed by atoms with Gasteiger partial charge in [-0.05, 0) is 36.9 Å². The van der Waals surface area contributed by atoms with Gasteiger partial charge < -0.3 is 10.2 Å². The Morgan fingerprint density at radius 2 is 1.89 bits per heavy atom. The molecule has 1 fully saturated rings. The monoisotopic (exact) mass is 274 g/mol. The predicted octanol–water partition coefficient (Wildman–Crippen LogP) is 1.95. The summed E-state index contributed by atoms with van der Waals surface area (Å²) in [6.45, 7) is 1.20. The number of nitriles is 2. The van der Waals surface area contributed by atoms with Crippen LogP contribution in [0, 0.1) is 34.5 Å². The molecule has 0 heterocycles. The summed E-state index contributed by atoms with van der Waals surface area (Å²) in [7, 11) is 0. The lowest BCUT2D eigenvalue weighted by atomic mass is 10.0. The fourth-order valence-electron chi connectivity index (χ4n) is 2.88. The minimum absolute atomic E-state index is 0.425. The van der Waals surface area contributed by atoms with Gasteiger partial charge in [0.1, 0.15) is 0 Å². The van der Waals surface area contributed by atoms with Gasteiger partial charge in [-0.3, -0.25) is 0 Å². The van der Waals surface area contributed by atoms with Crippen LogP contribution in [0.3, 0.4) is 0 Å². The molecule has 5 heteroatoms. The highest BCUT2D eigenvalue weighted by Crippen LogP contribution is 2.38. The van der Waals surface area contributed by atoms with E-state index >= 15 is 0 Å². The molecular weight excluding hydrogens is 256 g/mol. The summed E-state index contributed by atoms with van der Waals surface area (Å²) in [6, 6.07) is 4.68. The van der Waals surface area contributed by atoms with Crippen LogP contribution in [0.25, 0.3) is 0 Å². The number of nitrogens with one attached hydrogen (secondary N) is 1. The molecule has 0 amide bonds. The van der Waals surface area contributed by atoms with Crippen molar-refractivity contribution in [3.8, 4) is 12.1 Å². The number of thiocarbonyl (C=S) groups is 1. The molecule has 1 N–H and O–H groups in total. The maximum Gasteiger partial charge on any atom is 0.169 e. The second-order valence-corrected chi connectivity index (χ2v) is 5.53.